The first-order chi connectivity index (χ1) is 7.18. The molecule has 1 unspecified atom stereocenters. The van der Waals surface area contributed by atoms with Crippen molar-refractivity contribution in [2.75, 3.05) is 19.6 Å². The zero-order chi connectivity index (χ0) is 10.7. The molecule has 0 aromatic carbocycles. The van der Waals surface area contributed by atoms with Gasteiger partial charge in [-0.2, -0.15) is 0 Å². The maximum atomic E-state index is 11.6. The lowest BCUT2D eigenvalue weighted by molar-refractivity contribution is -0.122. The third-order valence-corrected chi connectivity index (χ3v) is 3.91. The summed E-state index contributed by atoms with van der Waals surface area (Å²) in [6.07, 6.45) is 5.75. The van der Waals surface area contributed by atoms with Gasteiger partial charge < -0.3 is 10.6 Å². The first-order valence-corrected chi connectivity index (χ1v) is 6.15. The fourth-order valence-electron chi connectivity index (χ4n) is 2.49. The fraction of sp³-hybridized carbons (Fsp3) is 0.917. The Morgan fingerprint density at radius 3 is 2.75 bits per heavy atom. The summed E-state index contributed by atoms with van der Waals surface area (Å²) in [6.45, 7) is 5.25. The Balaban J connectivity index is 0.00000128. The summed E-state index contributed by atoms with van der Waals surface area (Å²) in [7, 11) is 0. The van der Waals surface area contributed by atoms with E-state index in [2.05, 4.69) is 17.6 Å². The van der Waals surface area contributed by atoms with Gasteiger partial charge in [-0.1, -0.05) is 13.3 Å². The van der Waals surface area contributed by atoms with Crippen molar-refractivity contribution in [2.45, 2.75) is 39.0 Å². The summed E-state index contributed by atoms with van der Waals surface area (Å²) in [5.41, 5.74) is 0.406. The average Bonchev–Trinajstić information content (AvgIpc) is 2.64. The molecule has 2 fully saturated rings. The second-order valence-corrected chi connectivity index (χ2v) is 5.50. The minimum atomic E-state index is 0. The molecule has 2 aliphatic rings. The van der Waals surface area contributed by atoms with Gasteiger partial charge in [0.2, 0.25) is 5.91 Å². The SMILES string of the molecule is CC1(CNC(=O)CC2CCNC2)CCC1.Cl. The molecule has 2 rings (SSSR count). The average molecular weight is 247 g/mol. The molecule has 1 saturated heterocycles. The second kappa shape index (κ2) is 5.87. The standard InChI is InChI=1S/C12H22N2O.ClH/c1-12(4-2-5-12)9-14-11(15)7-10-3-6-13-8-10;/h10,13H,2-9H2,1H3,(H,14,15);1H. The third kappa shape index (κ3) is 3.63. The molecule has 1 aliphatic carbocycles. The van der Waals surface area contributed by atoms with Crippen LogP contribution < -0.4 is 10.6 Å². The molecule has 0 spiro atoms. The van der Waals surface area contributed by atoms with E-state index in [1.165, 1.54) is 19.3 Å². The molecule has 4 heteroatoms. The zero-order valence-electron chi connectivity index (χ0n) is 10.1. The van der Waals surface area contributed by atoms with Crippen LogP contribution >= 0.6 is 12.4 Å². The van der Waals surface area contributed by atoms with Crippen LogP contribution in [0, 0.1) is 11.3 Å². The predicted molar refractivity (Wildman–Crippen MR) is 67.8 cm³/mol. The first kappa shape index (κ1) is 13.8. The van der Waals surface area contributed by atoms with E-state index >= 15 is 0 Å². The summed E-state index contributed by atoms with van der Waals surface area (Å²) in [6, 6.07) is 0. The largest absolute Gasteiger partial charge is 0.356 e. The molecule has 1 aliphatic heterocycles. The van der Waals surface area contributed by atoms with E-state index in [9.17, 15) is 4.79 Å². The predicted octanol–water partition coefficient (Wildman–Crippen LogP) is 1.71. The van der Waals surface area contributed by atoms with Crippen LogP contribution in [0.4, 0.5) is 0 Å². The Bertz CT molecular complexity index is 235. The molecule has 0 aromatic heterocycles. The molecule has 16 heavy (non-hydrogen) atoms. The highest BCUT2D eigenvalue weighted by Gasteiger charge is 2.32. The number of rotatable bonds is 4. The monoisotopic (exact) mass is 246 g/mol. The van der Waals surface area contributed by atoms with Gasteiger partial charge in [-0.15, -0.1) is 12.4 Å². The van der Waals surface area contributed by atoms with Gasteiger partial charge >= 0.3 is 0 Å². The lowest BCUT2D eigenvalue weighted by atomic mass is 9.70. The lowest BCUT2D eigenvalue weighted by Crippen LogP contribution is -2.40. The molecule has 1 amide bonds. The van der Waals surface area contributed by atoms with Gasteiger partial charge in [0.1, 0.15) is 0 Å². The number of carbonyl (C=O) groups excluding carboxylic acids is 1. The van der Waals surface area contributed by atoms with Crippen molar-refractivity contribution in [1.82, 2.24) is 10.6 Å². The van der Waals surface area contributed by atoms with Gasteiger partial charge in [0.15, 0.2) is 0 Å². The van der Waals surface area contributed by atoms with Gasteiger partial charge in [0.05, 0.1) is 0 Å². The van der Waals surface area contributed by atoms with Crippen LogP contribution in [0.2, 0.25) is 0 Å². The summed E-state index contributed by atoms with van der Waals surface area (Å²) in [5.74, 6) is 0.816. The smallest absolute Gasteiger partial charge is 0.220 e. The van der Waals surface area contributed by atoms with Crippen LogP contribution in [-0.2, 0) is 4.79 Å². The topological polar surface area (TPSA) is 41.1 Å². The molecule has 0 bridgehead atoms. The minimum Gasteiger partial charge on any atom is -0.356 e. The normalized spacial score (nSPS) is 26.7. The van der Waals surface area contributed by atoms with E-state index in [-0.39, 0.29) is 18.3 Å². The molecular weight excluding hydrogens is 224 g/mol. The van der Waals surface area contributed by atoms with Gasteiger partial charge in [0, 0.05) is 13.0 Å². The highest BCUT2D eigenvalue weighted by Crippen LogP contribution is 2.39. The van der Waals surface area contributed by atoms with Crippen LogP contribution in [0.15, 0.2) is 0 Å². The lowest BCUT2D eigenvalue weighted by Gasteiger charge is -2.38. The molecule has 1 saturated carbocycles. The van der Waals surface area contributed by atoms with Crippen molar-refractivity contribution in [2.24, 2.45) is 11.3 Å². The Labute approximate surface area is 104 Å². The minimum absolute atomic E-state index is 0. The molecule has 0 radical (unpaired) electrons. The van der Waals surface area contributed by atoms with Crippen LogP contribution in [0.1, 0.15) is 39.0 Å². The highest BCUT2D eigenvalue weighted by atomic mass is 35.5. The fourth-order valence-corrected chi connectivity index (χ4v) is 2.49. The van der Waals surface area contributed by atoms with E-state index in [1.807, 2.05) is 0 Å². The van der Waals surface area contributed by atoms with E-state index in [1.54, 1.807) is 0 Å². The summed E-state index contributed by atoms with van der Waals surface area (Å²) >= 11 is 0. The molecule has 0 aromatic rings. The van der Waals surface area contributed by atoms with Crippen LogP contribution in [0.5, 0.6) is 0 Å². The van der Waals surface area contributed by atoms with Crippen molar-refractivity contribution < 1.29 is 4.79 Å². The Hall–Kier alpha value is -0.280. The zero-order valence-corrected chi connectivity index (χ0v) is 10.9. The number of carbonyl (C=O) groups is 1. The Morgan fingerprint density at radius 1 is 1.50 bits per heavy atom. The summed E-state index contributed by atoms with van der Waals surface area (Å²) < 4.78 is 0. The molecule has 2 N–H and O–H groups in total. The molecule has 94 valence electrons. The number of nitrogens with one attached hydrogen (secondary N) is 2. The van der Waals surface area contributed by atoms with E-state index in [0.717, 1.165) is 26.1 Å². The highest BCUT2D eigenvalue weighted by molar-refractivity contribution is 5.85. The van der Waals surface area contributed by atoms with Crippen molar-refractivity contribution >= 4 is 18.3 Å². The number of hydrogen-bond donors (Lipinski definition) is 2. The Morgan fingerprint density at radius 2 is 2.25 bits per heavy atom. The van der Waals surface area contributed by atoms with Crippen molar-refractivity contribution in [3.8, 4) is 0 Å². The maximum Gasteiger partial charge on any atom is 0.220 e. The Kier molecular flexibility index (Phi) is 5.06. The summed E-state index contributed by atoms with van der Waals surface area (Å²) in [5, 5.41) is 6.38. The molecule has 1 atom stereocenters. The van der Waals surface area contributed by atoms with Crippen LogP contribution in [-0.4, -0.2) is 25.5 Å². The van der Waals surface area contributed by atoms with Crippen molar-refractivity contribution in [3.05, 3.63) is 0 Å². The second-order valence-electron chi connectivity index (χ2n) is 5.50. The molecule has 3 nitrogen and oxygen atoms in total. The first-order valence-electron chi connectivity index (χ1n) is 6.15. The van der Waals surface area contributed by atoms with E-state index in [0.29, 0.717) is 17.8 Å². The summed E-state index contributed by atoms with van der Waals surface area (Å²) in [4.78, 5) is 11.6. The quantitative estimate of drug-likeness (QED) is 0.793. The maximum absolute atomic E-state index is 11.6. The molecule has 1 heterocycles. The number of hydrogen-bond acceptors (Lipinski definition) is 2. The van der Waals surface area contributed by atoms with Gasteiger partial charge in [-0.05, 0) is 43.7 Å². The van der Waals surface area contributed by atoms with Crippen molar-refractivity contribution in [1.29, 1.82) is 0 Å². The van der Waals surface area contributed by atoms with Gasteiger partial charge in [-0.3, -0.25) is 4.79 Å². The van der Waals surface area contributed by atoms with Crippen LogP contribution in [0.3, 0.4) is 0 Å². The van der Waals surface area contributed by atoms with Crippen molar-refractivity contribution in [3.63, 3.8) is 0 Å². The third-order valence-electron chi connectivity index (χ3n) is 3.91. The van der Waals surface area contributed by atoms with E-state index < -0.39 is 0 Å². The van der Waals surface area contributed by atoms with E-state index in [4.69, 9.17) is 0 Å². The number of amides is 1. The number of halogens is 1. The van der Waals surface area contributed by atoms with Gasteiger partial charge in [-0.25, -0.2) is 0 Å². The van der Waals surface area contributed by atoms with Gasteiger partial charge in [0.25, 0.3) is 0 Å². The molecular formula is C12H23ClN2O. The van der Waals surface area contributed by atoms with Crippen LogP contribution in [0.25, 0.3) is 0 Å².